The molecule has 3 aromatic rings. The number of ether oxygens (including phenoxy) is 3. The van der Waals surface area contributed by atoms with Gasteiger partial charge in [0.1, 0.15) is 5.75 Å². The molecule has 0 unspecified atom stereocenters. The first kappa shape index (κ1) is 21.9. The minimum atomic E-state index is -0.387. The van der Waals surface area contributed by atoms with Crippen molar-refractivity contribution in [3.05, 3.63) is 89.1 Å². The van der Waals surface area contributed by atoms with E-state index >= 15 is 0 Å². The topological polar surface area (TPSA) is 68.8 Å². The molecule has 0 saturated heterocycles. The van der Waals surface area contributed by atoms with Crippen molar-refractivity contribution in [1.82, 2.24) is 0 Å². The zero-order valence-electron chi connectivity index (χ0n) is 19.6. The van der Waals surface area contributed by atoms with Crippen LogP contribution in [0.15, 0.2) is 78.0 Å². The summed E-state index contributed by atoms with van der Waals surface area (Å²) in [7, 11) is 4.91. The van der Waals surface area contributed by atoms with Gasteiger partial charge in [-0.3, -0.25) is 4.79 Å². The lowest BCUT2D eigenvalue weighted by Crippen LogP contribution is -2.27. The number of benzene rings is 3. The Kier molecular flexibility index (Phi) is 5.88. The number of anilines is 2. The Balaban J connectivity index is 1.66. The summed E-state index contributed by atoms with van der Waals surface area (Å²) in [6.07, 6.45) is 1.10. The second-order valence-electron chi connectivity index (χ2n) is 8.49. The molecule has 0 aromatic heterocycles. The molecular formula is C28H28N2O4. The van der Waals surface area contributed by atoms with Gasteiger partial charge in [0.25, 0.3) is 0 Å². The Morgan fingerprint density at radius 1 is 0.735 bits per heavy atom. The summed E-state index contributed by atoms with van der Waals surface area (Å²) in [6.45, 7) is 0. The molecule has 1 aliphatic heterocycles. The summed E-state index contributed by atoms with van der Waals surface area (Å²) in [4.78, 5) is 13.8. The van der Waals surface area contributed by atoms with Crippen LogP contribution in [0.25, 0.3) is 0 Å². The molecule has 1 heterocycles. The van der Waals surface area contributed by atoms with E-state index in [-0.39, 0.29) is 17.7 Å². The summed E-state index contributed by atoms with van der Waals surface area (Å²) < 4.78 is 16.9. The van der Waals surface area contributed by atoms with E-state index in [0.717, 1.165) is 39.5 Å². The number of hydrogen-bond acceptors (Lipinski definition) is 6. The molecule has 6 nitrogen and oxygen atoms in total. The van der Waals surface area contributed by atoms with Gasteiger partial charge in [-0.05, 0) is 36.2 Å². The molecule has 0 saturated carbocycles. The van der Waals surface area contributed by atoms with Gasteiger partial charge in [0, 0.05) is 29.2 Å². The molecule has 6 heteroatoms. The third kappa shape index (κ3) is 3.75. The SMILES string of the molecule is COc1ccccc1[C@@H]1CC(=O)C2=C(C1)Nc1ccccc1N[C@H]2c1cccc(OC)c1OC. The molecule has 0 radical (unpaired) electrons. The van der Waals surface area contributed by atoms with Crippen molar-refractivity contribution in [2.75, 3.05) is 32.0 Å². The third-order valence-corrected chi connectivity index (χ3v) is 6.63. The van der Waals surface area contributed by atoms with Crippen molar-refractivity contribution in [3.8, 4) is 17.2 Å². The first-order chi connectivity index (χ1) is 16.6. The number of carbonyl (C=O) groups is 1. The number of hydrogen-bond donors (Lipinski definition) is 2. The van der Waals surface area contributed by atoms with E-state index in [4.69, 9.17) is 14.2 Å². The lowest BCUT2D eigenvalue weighted by Gasteiger charge is -2.31. The van der Waals surface area contributed by atoms with E-state index in [1.165, 1.54) is 0 Å². The predicted molar refractivity (Wildman–Crippen MR) is 133 cm³/mol. The van der Waals surface area contributed by atoms with Crippen molar-refractivity contribution >= 4 is 17.2 Å². The molecule has 2 aliphatic rings. The first-order valence-corrected chi connectivity index (χ1v) is 11.4. The Morgan fingerprint density at radius 2 is 1.41 bits per heavy atom. The number of fused-ring (bicyclic) bond motifs is 1. The van der Waals surface area contributed by atoms with Gasteiger partial charge in [0.05, 0.1) is 38.7 Å². The van der Waals surface area contributed by atoms with Gasteiger partial charge in [0.2, 0.25) is 0 Å². The number of para-hydroxylation sites is 4. The number of ketones is 1. The van der Waals surface area contributed by atoms with Gasteiger partial charge in [-0.25, -0.2) is 0 Å². The number of Topliss-reactive ketones (excluding diaryl/α,β-unsaturated/α-hetero) is 1. The Bertz CT molecular complexity index is 1270. The molecule has 2 N–H and O–H groups in total. The Hall–Kier alpha value is -3.93. The smallest absolute Gasteiger partial charge is 0.166 e. The number of methoxy groups -OCH3 is 3. The van der Waals surface area contributed by atoms with Crippen LogP contribution < -0.4 is 24.8 Å². The van der Waals surface area contributed by atoms with Crippen LogP contribution in [0.1, 0.15) is 35.9 Å². The van der Waals surface area contributed by atoms with E-state index in [2.05, 4.69) is 10.6 Å². The summed E-state index contributed by atoms with van der Waals surface area (Å²) in [6, 6.07) is 21.3. The highest BCUT2D eigenvalue weighted by Crippen LogP contribution is 2.48. The van der Waals surface area contributed by atoms with Gasteiger partial charge in [-0.15, -0.1) is 0 Å². The van der Waals surface area contributed by atoms with Crippen LogP contribution in [-0.2, 0) is 4.79 Å². The highest BCUT2D eigenvalue weighted by molar-refractivity contribution is 6.01. The zero-order valence-corrected chi connectivity index (χ0v) is 19.6. The van der Waals surface area contributed by atoms with Crippen LogP contribution >= 0.6 is 0 Å². The van der Waals surface area contributed by atoms with Crippen molar-refractivity contribution < 1.29 is 19.0 Å². The van der Waals surface area contributed by atoms with E-state index in [0.29, 0.717) is 24.3 Å². The molecule has 5 rings (SSSR count). The maximum atomic E-state index is 13.8. The number of nitrogens with one attached hydrogen (secondary N) is 2. The quantitative estimate of drug-likeness (QED) is 0.514. The summed E-state index contributed by atoms with van der Waals surface area (Å²) in [5.41, 5.74) is 5.42. The normalized spacial score (nSPS) is 19.2. The Labute approximate surface area is 199 Å². The van der Waals surface area contributed by atoms with Gasteiger partial charge in [-0.1, -0.05) is 42.5 Å². The monoisotopic (exact) mass is 456 g/mol. The van der Waals surface area contributed by atoms with Crippen molar-refractivity contribution in [2.24, 2.45) is 0 Å². The predicted octanol–water partition coefficient (Wildman–Crippen LogP) is 5.69. The van der Waals surface area contributed by atoms with E-state index in [9.17, 15) is 4.79 Å². The average molecular weight is 457 g/mol. The molecule has 1 aliphatic carbocycles. The second-order valence-corrected chi connectivity index (χ2v) is 8.49. The lowest BCUT2D eigenvalue weighted by molar-refractivity contribution is -0.116. The molecule has 0 amide bonds. The third-order valence-electron chi connectivity index (χ3n) is 6.63. The summed E-state index contributed by atoms with van der Waals surface area (Å²) in [5, 5.41) is 7.19. The number of carbonyl (C=O) groups excluding carboxylic acids is 1. The zero-order chi connectivity index (χ0) is 23.7. The van der Waals surface area contributed by atoms with E-state index < -0.39 is 0 Å². The van der Waals surface area contributed by atoms with Gasteiger partial charge in [0.15, 0.2) is 17.3 Å². The molecule has 0 fully saturated rings. The van der Waals surface area contributed by atoms with E-state index in [1.54, 1.807) is 21.3 Å². The molecule has 0 spiro atoms. The van der Waals surface area contributed by atoms with Crippen LogP contribution in [0, 0.1) is 0 Å². The van der Waals surface area contributed by atoms with Gasteiger partial charge in [-0.2, -0.15) is 0 Å². The molecule has 3 aromatic carbocycles. The van der Waals surface area contributed by atoms with Crippen molar-refractivity contribution in [3.63, 3.8) is 0 Å². The highest BCUT2D eigenvalue weighted by atomic mass is 16.5. The van der Waals surface area contributed by atoms with Crippen molar-refractivity contribution in [2.45, 2.75) is 24.8 Å². The molecular weight excluding hydrogens is 428 g/mol. The van der Waals surface area contributed by atoms with Crippen LogP contribution in [-0.4, -0.2) is 27.1 Å². The van der Waals surface area contributed by atoms with Gasteiger partial charge >= 0.3 is 0 Å². The molecule has 174 valence electrons. The standard InChI is InChI=1S/C28H28N2O4/c1-32-24-13-7-4-9-18(24)17-15-22-26(23(31)16-17)27(30-21-12-6-5-11-20(21)29-22)19-10-8-14-25(33-2)28(19)34-3/h4-14,17,27,29-30H,15-16H2,1-3H3/t17-,27-/m0/s1. The summed E-state index contributed by atoms with van der Waals surface area (Å²) in [5.74, 6) is 2.17. The number of allylic oxidation sites excluding steroid dienone is 1. The fourth-order valence-electron chi connectivity index (χ4n) is 5.09. The second kappa shape index (κ2) is 9.14. The molecule has 34 heavy (non-hydrogen) atoms. The van der Waals surface area contributed by atoms with Crippen molar-refractivity contribution in [1.29, 1.82) is 0 Å². The first-order valence-electron chi connectivity index (χ1n) is 11.4. The maximum Gasteiger partial charge on any atom is 0.166 e. The van der Waals surface area contributed by atoms with Gasteiger partial charge < -0.3 is 24.8 Å². The largest absolute Gasteiger partial charge is 0.496 e. The van der Waals surface area contributed by atoms with Crippen LogP contribution in [0.2, 0.25) is 0 Å². The minimum absolute atomic E-state index is 0.0213. The average Bonchev–Trinajstić information content (AvgIpc) is 3.04. The lowest BCUT2D eigenvalue weighted by atomic mass is 9.78. The number of rotatable bonds is 5. The van der Waals surface area contributed by atoms with Crippen LogP contribution in [0.3, 0.4) is 0 Å². The highest BCUT2D eigenvalue weighted by Gasteiger charge is 2.38. The van der Waals surface area contributed by atoms with Crippen LogP contribution in [0.5, 0.6) is 17.2 Å². The Morgan fingerprint density at radius 3 is 2.18 bits per heavy atom. The summed E-state index contributed by atoms with van der Waals surface area (Å²) >= 11 is 0. The molecule has 2 atom stereocenters. The fourth-order valence-corrected chi connectivity index (χ4v) is 5.09. The minimum Gasteiger partial charge on any atom is -0.496 e. The maximum absolute atomic E-state index is 13.8. The molecule has 0 bridgehead atoms. The van der Waals surface area contributed by atoms with E-state index in [1.807, 2.05) is 66.7 Å². The fraction of sp³-hybridized carbons (Fsp3) is 0.250. The van der Waals surface area contributed by atoms with Crippen LogP contribution in [0.4, 0.5) is 11.4 Å².